The number of Topliss-reactive ketones (excluding diaryl/α,β-unsaturated/α-hetero) is 1. The number of para-hydroxylation sites is 1. The van der Waals surface area contributed by atoms with Crippen LogP contribution in [-0.4, -0.2) is 37.7 Å². The lowest BCUT2D eigenvalue weighted by atomic mass is 10.1. The fraction of sp³-hybridized carbons (Fsp3) is 0.167. The lowest BCUT2D eigenvalue weighted by molar-refractivity contribution is -0.113. The molecular formula is C18H13Cl2N5OS. The number of carbonyl (C=O) groups excluding carboxylic acids is 1. The lowest BCUT2D eigenvalue weighted by Gasteiger charge is -2.08. The minimum absolute atomic E-state index is 0.0278. The average Bonchev–Trinajstić information content (AvgIpc) is 3.28. The van der Waals surface area contributed by atoms with Crippen LogP contribution in [0.15, 0.2) is 46.8 Å². The molecule has 136 valence electrons. The van der Waals surface area contributed by atoms with E-state index in [1.165, 1.54) is 24.2 Å². The lowest BCUT2D eigenvalue weighted by Crippen LogP contribution is -2.27. The smallest absolute Gasteiger partial charge is 0.209 e. The van der Waals surface area contributed by atoms with Crippen LogP contribution in [0.25, 0.3) is 17.0 Å². The summed E-state index contributed by atoms with van der Waals surface area (Å²) in [7, 11) is 0. The maximum atomic E-state index is 12.9. The van der Waals surface area contributed by atoms with E-state index in [0.29, 0.717) is 33.1 Å². The molecule has 3 aromatic rings. The molecule has 0 radical (unpaired) electrons. The molecular weight excluding hydrogens is 405 g/mol. The van der Waals surface area contributed by atoms with Gasteiger partial charge in [0.1, 0.15) is 0 Å². The number of fused-ring (bicyclic) bond motifs is 1. The van der Waals surface area contributed by atoms with Gasteiger partial charge in [0, 0.05) is 23.2 Å². The summed E-state index contributed by atoms with van der Waals surface area (Å²) in [6, 6.07) is 7.67. The minimum Gasteiger partial charge on any atom is -0.293 e. The molecule has 2 aromatic heterocycles. The van der Waals surface area contributed by atoms with E-state index in [2.05, 4.69) is 25.2 Å². The molecule has 0 bridgehead atoms. The molecule has 1 aliphatic rings. The van der Waals surface area contributed by atoms with Gasteiger partial charge < -0.3 is 0 Å². The highest BCUT2D eigenvalue weighted by atomic mass is 35.5. The van der Waals surface area contributed by atoms with Gasteiger partial charge in [0.25, 0.3) is 0 Å². The summed E-state index contributed by atoms with van der Waals surface area (Å²) in [5.74, 6) is 0.462. The predicted octanol–water partition coefficient (Wildman–Crippen LogP) is 2.71. The zero-order valence-corrected chi connectivity index (χ0v) is 16.4. The molecule has 1 aliphatic heterocycles. The number of hydrogen-bond donors (Lipinski definition) is 1. The van der Waals surface area contributed by atoms with Crippen molar-refractivity contribution in [3.05, 3.63) is 57.3 Å². The minimum atomic E-state index is -0.353. The highest BCUT2D eigenvalue weighted by Crippen LogP contribution is 2.32. The van der Waals surface area contributed by atoms with E-state index in [1.807, 2.05) is 31.2 Å². The third kappa shape index (κ3) is 3.50. The number of aromatic nitrogens is 4. The Balaban J connectivity index is 1.57. The van der Waals surface area contributed by atoms with Crippen molar-refractivity contribution in [1.82, 2.24) is 20.2 Å². The first-order valence-corrected chi connectivity index (χ1v) is 9.73. The normalized spacial score (nSPS) is 14.0. The first kappa shape index (κ1) is 18.2. The number of halogens is 2. The third-order valence-electron chi connectivity index (χ3n) is 4.14. The second-order valence-electron chi connectivity index (χ2n) is 5.88. The van der Waals surface area contributed by atoms with Crippen molar-refractivity contribution in [1.29, 1.82) is 0 Å². The second-order valence-corrected chi connectivity index (χ2v) is 8.00. The Kier molecular flexibility index (Phi) is 4.99. The first-order valence-electron chi connectivity index (χ1n) is 8.10. The Hall–Kier alpha value is -2.22. The molecule has 0 saturated heterocycles. The van der Waals surface area contributed by atoms with Gasteiger partial charge in [-0.2, -0.15) is 0 Å². The van der Waals surface area contributed by atoms with Gasteiger partial charge in [-0.15, -0.1) is 5.10 Å². The Labute approximate surface area is 168 Å². The van der Waals surface area contributed by atoms with Crippen molar-refractivity contribution in [3.8, 4) is 11.4 Å². The summed E-state index contributed by atoms with van der Waals surface area (Å²) in [4.78, 5) is 25.6. The molecule has 27 heavy (non-hydrogen) atoms. The fourth-order valence-electron chi connectivity index (χ4n) is 2.83. The van der Waals surface area contributed by atoms with E-state index in [1.54, 1.807) is 0 Å². The largest absolute Gasteiger partial charge is 0.293 e. The van der Waals surface area contributed by atoms with Crippen LogP contribution in [0.1, 0.15) is 6.92 Å². The predicted molar refractivity (Wildman–Crippen MR) is 105 cm³/mol. The number of carbonyl (C=O) groups is 1. The molecule has 3 heterocycles. The molecule has 1 atom stereocenters. The van der Waals surface area contributed by atoms with E-state index >= 15 is 0 Å². The number of aromatic amines is 1. The van der Waals surface area contributed by atoms with Gasteiger partial charge >= 0.3 is 0 Å². The van der Waals surface area contributed by atoms with Crippen molar-refractivity contribution in [2.45, 2.75) is 17.3 Å². The number of pyridine rings is 1. The van der Waals surface area contributed by atoms with Crippen molar-refractivity contribution in [3.63, 3.8) is 0 Å². The monoisotopic (exact) mass is 417 g/mol. The number of thioether (sulfide) groups is 1. The number of benzene rings is 1. The van der Waals surface area contributed by atoms with E-state index in [4.69, 9.17) is 23.2 Å². The summed E-state index contributed by atoms with van der Waals surface area (Å²) in [6.07, 6.45) is 2.98. The third-order valence-corrected chi connectivity index (χ3v) is 5.67. The van der Waals surface area contributed by atoms with Crippen LogP contribution >= 0.6 is 35.0 Å². The number of ketones is 1. The van der Waals surface area contributed by atoms with E-state index in [9.17, 15) is 4.79 Å². The molecule has 0 saturated carbocycles. The summed E-state index contributed by atoms with van der Waals surface area (Å²) in [5.41, 5.74) is 1.26. The maximum Gasteiger partial charge on any atom is 0.209 e. The Bertz CT molecular complexity index is 1140. The van der Waals surface area contributed by atoms with Crippen LogP contribution in [0.5, 0.6) is 0 Å². The number of hydrogen-bond acceptors (Lipinski definition) is 6. The molecule has 0 amide bonds. The van der Waals surface area contributed by atoms with Crippen LogP contribution in [0.3, 0.4) is 0 Å². The zero-order chi connectivity index (χ0) is 19.0. The summed E-state index contributed by atoms with van der Waals surface area (Å²) >= 11 is 13.6. The Morgan fingerprint density at radius 2 is 1.96 bits per heavy atom. The van der Waals surface area contributed by atoms with E-state index < -0.39 is 0 Å². The molecule has 9 heteroatoms. The second kappa shape index (κ2) is 7.42. The van der Waals surface area contributed by atoms with Gasteiger partial charge in [0.15, 0.2) is 11.6 Å². The van der Waals surface area contributed by atoms with Crippen LogP contribution in [0.4, 0.5) is 0 Å². The molecule has 1 N–H and O–H groups in total. The zero-order valence-electron chi connectivity index (χ0n) is 14.1. The Morgan fingerprint density at radius 3 is 2.74 bits per heavy atom. The number of nitrogens with zero attached hydrogens (tertiary/aromatic N) is 4. The SMILES string of the molecule is CC(Sc1n[nH]c(-c2c(Cl)cncc2Cl)n1)C(=O)C1=c2ccccc2=NC1. The van der Waals surface area contributed by atoms with Crippen molar-refractivity contribution < 1.29 is 4.79 Å². The molecule has 6 nitrogen and oxygen atoms in total. The van der Waals surface area contributed by atoms with Gasteiger partial charge in [-0.25, -0.2) is 4.98 Å². The number of nitrogens with one attached hydrogen (secondary N) is 1. The van der Waals surface area contributed by atoms with Crippen molar-refractivity contribution >= 4 is 46.3 Å². The quantitative estimate of drug-likeness (QED) is 0.645. The average molecular weight is 418 g/mol. The van der Waals surface area contributed by atoms with Crippen LogP contribution in [0, 0.1) is 0 Å². The number of H-pyrrole nitrogens is 1. The van der Waals surface area contributed by atoms with Crippen LogP contribution in [0.2, 0.25) is 10.0 Å². The van der Waals surface area contributed by atoms with E-state index in [-0.39, 0.29) is 11.0 Å². The van der Waals surface area contributed by atoms with Gasteiger partial charge in [-0.05, 0) is 13.0 Å². The fourth-order valence-corrected chi connectivity index (χ4v) is 4.18. The summed E-state index contributed by atoms with van der Waals surface area (Å²) < 4.78 is 0. The molecule has 1 aromatic carbocycles. The van der Waals surface area contributed by atoms with Crippen molar-refractivity contribution in [2.24, 2.45) is 4.99 Å². The summed E-state index contributed by atoms with van der Waals surface area (Å²) in [6.45, 7) is 2.24. The van der Waals surface area contributed by atoms with Gasteiger partial charge in [-0.3, -0.25) is 19.9 Å². The highest BCUT2D eigenvalue weighted by molar-refractivity contribution is 8.00. The Morgan fingerprint density at radius 1 is 1.22 bits per heavy atom. The van der Waals surface area contributed by atoms with Gasteiger partial charge in [-0.1, -0.05) is 53.2 Å². The molecule has 0 aliphatic carbocycles. The molecule has 0 spiro atoms. The van der Waals surface area contributed by atoms with Crippen molar-refractivity contribution in [2.75, 3.05) is 6.54 Å². The molecule has 4 rings (SSSR count). The standard InChI is InChI=1S/C18H13Cl2N5OS/c1-9(16(26)11-6-22-14-5-3-2-4-10(11)14)27-18-23-17(24-25-18)15-12(19)7-21-8-13(15)20/h2-5,7-9H,6H2,1H3,(H,23,24,25). The van der Waals surface area contributed by atoms with Crippen LogP contribution < -0.4 is 10.6 Å². The highest BCUT2D eigenvalue weighted by Gasteiger charge is 2.23. The summed E-state index contributed by atoms with van der Waals surface area (Å²) in [5, 5.41) is 9.59. The molecule has 1 unspecified atom stereocenters. The van der Waals surface area contributed by atoms with Gasteiger partial charge in [0.05, 0.1) is 32.8 Å². The van der Waals surface area contributed by atoms with Crippen LogP contribution in [-0.2, 0) is 4.79 Å². The first-order chi connectivity index (χ1) is 13.0. The molecule has 0 fully saturated rings. The van der Waals surface area contributed by atoms with E-state index in [0.717, 1.165) is 16.1 Å². The van der Waals surface area contributed by atoms with Gasteiger partial charge in [0.2, 0.25) is 5.16 Å². The maximum absolute atomic E-state index is 12.9. The number of rotatable bonds is 5. The topological polar surface area (TPSA) is 83.9 Å².